The third kappa shape index (κ3) is 3.37. The number of pyridine rings is 1. The monoisotopic (exact) mass is 217 g/mol. The molecule has 0 saturated carbocycles. The van der Waals surface area contributed by atoms with Crippen LogP contribution in [0.15, 0.2) is 24.4 Å². The zero-order valence-electron chi connectivity index (χ0n) is 9.18. The van der Waals surface area contributed by atoms with Crippen LogP contribution in [0.4, 0.5) is 0 Å². The van der Waals surface area contributed by atoms with Crippen LogP contribution in [0.3, 0.4) is 0 Å². The second-order valence-corrected chi connectivity index (χ2v) is 3.50. The van der Waals surface area contributed by atoms with E-state index in [1.165, 1.54) is 0 Å². The van der Waals surface area contributed by atoms with Crippen molar-refractivity contribution >= 4 is 5.91 Å². The van der Waals surface area contributed by atoms with Gasteiger partial charge >= 0.3 is 0 Å². The van der Waals surface area contributed by atoms with Crippen molar-refractivity contribution in [3.8, 4) is 12.3 Å². The maximum atomic E-state index is 11.6. The average molecular weight is 217 g/mol. The molecule has 84 valence electrons. The maximum absolute atomic E-state index is 11.6. The van der Waals surface area contributed by atoms with Gasteiger partial charge in [-0.2, -0.15) is 0 Å². The van der Waals surface area contributed by atoms with Crippen LogP contribution in [0.2, 0.25) is 0 Å². The first-order valence-corrected chi connectivity index (χ1v) is 5.05. The second-order valence-electron chi connectivity index (χ2n) is 3.50. The van der Waals surface area contributed by atoms with Crippen molar-refractivity contribution in [2.45, 2.75) is 25.4 Å². The summed E-state index contributed by atoms with van der Waals surface area (Å²) < 4.78 is 0. The molecule has 1 rings (SSSR count). The summed E-state index contributed by atoms with van der Waals surface area (Å²) in [6.45, 7) is 1.85. The number of carbonyl (C=O) groups excluding carboxylic acids is 1. The fourth-order valence-corrected chi connectivity index (χ4v) is 1.25. The number of hydrogen-bond acceptors (Lipinski definition) is 3. The van der Waals surface area contributed by atoms with E-state index in [1.807, 2.05) is 25.1 Å². The van der Waals surface area contributed by atoms with Crippen molar-refractivity contribution in [2.24, 2.45) is 5.73 Å². The number of nitrogens with one attached hydrogen (secondary N) is 1. The summed E-state index contributed by atoms with van der Waals surface area (Å²) in [5, 5.41) is 2.76. The minimum absolute atomic E-state index is 0.169. The smallest absolute Gasteiger partial charge is 0.238 e. The van der Waals surface area contributed by atoms with E-state index in [9.17, 15) is 4.79 Å². The summed E-state index contributed by atoms with van der Waals surface area (Å²) in [7, 11) is 0. The molecule has 0 saturated heterocycles. The second kappa shape index (κ2) is 5.89. The zero-order valence-corrected chi connectivity index (χ0v) is 9.18. The van der Waals surface area contributed by atoms with E-state index >= 15 is 0 Å². The van der Waals surface area contributed by atoms with Gasteiger partial charge in [0.15, 0.2) is 0 Å². The Morgan fingerprint density at radius 3 is 3.00 bits per heavy atom. The molecule has 0 fully saturated rings. The molecule has 1 heterocycles. The molecule has 4 heteroatoms. The number of rotatable bonds is 4. The third-order valence-corrected chi connectivity index (χ3v) is 2.16. The molecular weight excluding hydrogens is 202 g/mol. The molecule has 16 heavy (non-hydrogen) atoms. The van der Waals surface area contributed by atoms with Gasteiger partial charge in [0.1, 0.15) is 0 Å². The van der Waals surface area contributed by atoms with Gasteiger partial charge in [-0.05, 0) is 19.1 Å². The molecule has 0 radical (unpaired) electrons. The van der Waals surface area contributed by atoms with Gasteiger partial charge < -0.3 is 11.1 Å². The molecule has 1 aromatic rings. The Kier molecular flexibility index (Phi) is 4.49. The fraction of sp³-hybridized carbons (Fsp3) is 0.333. The van der Waals surface area contributed by atoms with Crippen molar-refractivity contribution in [1.82, 2.24) is 10.3 Å². The largest absolute Gasteiger partial charge is 0.347 e. The highest BCUT2D eigenvalue weighted by molar-refractivity contribution is 5.82. The summed E-state index contributed by atoms with van der Waals surface area (Å²) in [5.41, 5.74) is 6.37. The Bertz CT molecular complexity index is 383. The van der Waals surface area contributed by atoms with Crippen LogP contribution in [-0.4, -0.2) is 16.9 Å². The first kappa shape index (κ1) is 12.2. The molecular formula is C12H15N3O. The van der Waals surface area contributed by atoms with Crippen LogP contribution in [0.25, 0.3) is 0 Å². The third-order valence-electron chi connectivity index (χ3n) is 2.16. The number of terminal acetylenes is 1. The number of nitrogens with zero attached hydrogens (tertiary/aromatic N) is 1. The fourth-order valence-electron chi connectivity index (χ4n) is 1.25. The van der Waals surface area contributed by atoms with E-state index < -0.39 is 6.04 Å². The van der Waals surface area contributed by atoms with Crippen LogP contribution in [0.5, 0.6) is 0 Å². The van der Waals surface area contributed by atoms with Crippen molar-refractivity contribution in [3.63, 3.8) is 0 Å². The van der Waals surface area contributed by atoms with Crippen molar-refractivity contribution in [3.05, 3.63) is 30.1 Å². The van der Waals surface area contributed by atoms with Crippen LogP contribution < -0.4 is 11.1 Å². The van der Waals surface area contributed by atoms with Gasteiger partial charge in [-0.15, -0.1) is 12.3 Å². The molecule has 0 aliphatic heterocycles. The number of amides is 1. The van der Waals surface area contributed by atoms with E-state index in [-0.39, 0.29) is 18.4 Å². The van der Waals surface area contributed by atoms with Crippen molar-refractivity contribution in [2.75, 3.05) is 0 Å². The van der Waals surface area contributed by atoms with Gasteiger partial charge in [0.2, 0.25) is 5.91 Å². The van der Waals surface area contributed by atoms with Gasteiger partial charge in [-0.25, -0.2) is 0 Å². The highest BCUT2D eigenvalue weighted by Crippen LogP contribution is 2.07. The number of carbonyl (C=O) groups is 1. The number of hydrogen-bond donors (Lipinski definition) is 2. The van der Waals surface area contributed by atoms with Gasteiger partial charge in [-0.3, -0.25) is 9.78 Å². The first-order valence-electron chi connectivity index (χ1n) is 5.05. The summed E-state index contributed by atoms with van der Waals surface area (Å²) in [5.74, 6) is 2.11. The van der Waals surface area contributed by atoms with Crippen LogP contribution in [0, 0.1) is 12.3 Å². The van der Waals surface area contributed by atoms with Crippen molar-refractivity contribution < 1.29 is 4.79 Å². The molecule has 0 aliphatic carbocycles. The Labute approximate surface area is 95.3 Å². The summed E-state index contributed by atoms with van der Waals surface area (Å²) in [4.78, 5) is 15.7. The lowest BCUT2D eigenvalue weighted by atomic mass is 10.1. The minimum atomic E-state index is -0.656. The van der Waals surface area contributed by atoms with Gasteiger partial charge in [0, 0.05) is 12.6 Å². The van der Waals surface area contributed by atoms with Crippen LogP contribution in [0.1, 0.15) is 25.1 Å². The standard InChI is InChI=1S/C12H15N3O/c1-3-6-10(13)12(16)15-9(2)11-7-4-5-8-14-11/h1,4-5,7-10H,6,13H2,2H3,(H,15,16). The lowest BCUT2D eigenvalue weighted by molar-refractivity contribution is -0.122. The maximum Gasteiger partial charge on any atom is 0.238 e. The summed E-state index contributed by atoms with van der Waals surface area (Å²) >= 11 is 0. The minimum Gasteiger partial charge on any atom is -0.347 e. The van der Waals surface area contributed by atoms with Crippen molar-refractivity contribution in [1.29, 1.82) is 0 Å². The van der Waals surface area contributed by atoms with E-state index in [0.29, 0.717) is 0 Å². The SMILES string of the molecule is C#CCC(N)C(=O)NC(C)c1ccccn1. The lowest BCUT2D eigenvalue weighted by Crippen LogP contribution is -2.41. The first-order chi connectivity index (χ1) is 7.65. The van der Waals surface area contributed by atoms with E-state index in [2.05, 4.69) is 16.2 Å². The zero-order chi connectivity index (χ0) is 12.0. The van der Waals surface area contributed by atoms with Crippen LogP contribution in [-0.2, 0) is 4.79 Å². The van der Waals surface area contributed by atoms with E-state index in [4.69, 9.17) is 12.2 Å². The van der Waals surface area contributed by atoms with Gasteiger partial charge in [0.05, 0.1) is 17.8 Å². The quantitative estimate of drug-likeness (QED) is 0.726. The molecule has 0 aliphatic rings. The number of aromatic nitrogens is 1. The molecule has 3 N–H and O–H groups in total. The lowest BCUT2D eigenvalue weighted by Gasteiger charge is -2.15. The molecule has 0 spiro atoms. The highest BCUT2D eigenvalue weighted by Gasteiger charge is 2.15. The average Bonchev–Trinajstić information content (AvgIpc) is 2.30. The van der Waals surface area contributed by atoms with Crippen LogP contribution >= 0.6 is 0 Å². The Morgan fingerprint density at radius 1 is 1.69 bits per heavy atom. The molecule has 1 amide bonds. The Balaban J connectivity index is 2.56. The Morgan fingerprint density at radius 2 is 2.44 bits per heavy atom. The topological polar surface area (TPSA) is 68.0 Å². The molecule has 0 aromatic carbocycles. The van der Waals surface area contributed by atoms with E-state index in [1.54, 1.807) is 6.20 Å². The predicted octanol–water partition coefficient (Wildman–Crippen LogP) is 0.609. The summed E-state index contributed by atoms with van der Waals surface area (Å²) in [6.07, 6.45) is 7.00. The van der Waals surface area contributed by atoms with Gasteiger partial charge in [0.25, 0.3) is 0 Å². The van der Waals surface area contributed by atoms with E-state index in [0.717, 1.165) is 5.69 Å². The Hall–Kier alpha value is -1.86. The molecule has 4 nitrogen and oxygen atoms in total. The molecule has 2 atom stereocenters. The molecule has 0 bridgehead atoms. The predicted molar refractivity (Wildman–Crippen MR) is 62.2 cm³/mol. The highest BCUT2D eigenvalue weighted by atomic mass is 16.2. The van der Waals surface area contributed by atoms with Gasteiger partial charge in [-0.1, -0.05) is 6.07 Å². The summed E-state index contributed by atoms with van der Waals surface area (Å²) in [6, 6.07) is 4.71. The molecule has 2 unspecified atom stereocenters. The normalized spacial score (nSPS) is 13.6. The molecule has 1 aromatic heterocycles. The number of nitrogens with two attached hydrogens (primary N) is 1.